The summed E-state index contributed by atoms with van der Waals surface area (Å²) in [5.41, 5.74) is 0. The summed E-state index contributed by atoms with van der Waals surface area (Å²) in [5, 5.41) is 12.5. The Balaban J connectivity index is 2.34. The monoisotopic (exact) mass is 188 g/mol. The molecule has 0 amide bonds. The van der Waals surface area contributed by atoms with Crippen LogP contribution in [0.25, 0.3) is 0 Å². The lowest BCUT2D eigenvalue weighted by atomic mass is 10.3. The maximum absolute atomic E-state index is 10.9. The van der Waals surface area contributed by atoms with Gasteiger partial charge in [-0.15, -0.1) is 0 Å². The first-order valence-corrected chi connectivity index (χ1v) is 4.40. The van der Waals surface area contributed by atoms with Crippen LogP contribution in [0.3, 0.4) is 0 Å². The Labute approximate surface area is 77.7 Å². The standard InChI is InChI=1S/C8H16N2O3/c1-13-8(12)6-10-3-2-9-4-7(11)5-10/h7,9,11H,2-6H2,1H3. The second-order valence-corrected chi connectivity index (χ2v) is 3.17. The molecule has 0 aromatic carbocycles. The van der Waals surface area contributed by atoms with Crippen LogP contribution in [0.5, 0.6) is 0 Å². The van der Waals surface area contributed by atoms with Gasteiger partial charge in [-0.1, -0.05) is 0 Å². The minimum absolute atomic E-state index is 0.255. The van der Waals surface area contributed by atoms with Gasteiger partial charge in [0.15, 0.2) is 0 Å². The number of hydrogen-bond acceptors (Lipinski definition) is 5. The maximum Gasteiger partial charge on any atom is 0.319 e. The van der Waals surface area contributed by atoms with Crippen molar-refractivity contribution in [2.45, 2.75) is 6.10 Å². The molecule has 1 rings (SSSR count). The van der Waals surface area contributed by atoms with Crippen molar-refractivity contribution in [1.29, 1.82) is 0 Å². The third kappa shape index (κ3) is 3.71. The number of methoxy groups -OCH3 is 1. The Morgan fingerprint density at radius 3 is 3.23 bits per heavy atom. The van der Waals surface area contributed by atoms with E-state index in [9.17, 15) is 9.90 Å². The highest BCUT2D eigenvalue weighted by Gasteiger charge is 2.17. The zero-order valence-corrected chi connectivity index (χ0v) is 7.82. The first-order chi connectivity index (χ1) is 6.22. The molecule has 0 bridgehead atoms. The summed E-state index contributed by atoms with van der Waals surface area (Å²) in [7, 11) is 1.37. The normalized spacial score (nSPS) is 25.2. The molecule has 0 spiro atoms. The summed E-state index contributed by atoms with van der Waals surface area (Å²) in [6, 6.07) is 0. The summed E-state index contributed by atoms with van der Waals surface area (Å²) in [6.45, 7) is 2.95. The lowest BCUT2D eigenvalue weighted by Crippen LogP contribution is -2.36. The van der Waals surface area contributed by atoms with Gasteiger partial charge in [0, 0.05) is 26.2 Å². The summed E-state index contributed by atoms with van der Waals surface area (Å²) < 4.78 is 4.55. The fourth-order valence-electron chi connectivity index (χ4n) is 1.35. The highest BCUT2D eigenvalue weighted by Crippen LogP contribution is 1.96. The summed E-state index contributed by atoms with van der Waals surface area (Å²) in [6.07, 6.45) is -0.396. The fourth-order valence-corrected chi connectivity index (χ4v) is 1.35. The van der Waals surface area contributed by atoms with Crippen LogP contribution in [-0.2, 0) is 9.53 Å². The number of aliphatic hydroxyl groups excluding tert-OH is 1. The summed E-state index contributed by atoms with van der Waals surface area (Å²) in [4.78, 5) is 12.8. The molecule has 5 heteroatoms. The second kappa shape index (κ2) is 5.16. The Morgan fingerprint density at radius 2 is 2.54 bits per heavy atom. The predicted octanol–water partition coefficient (Wildman–Crippen LogP) is -1.57. The van der Waals surface area contributed by atoms with E-state index in [2.05, 4.69) is 10.1 Å². The number of ether oxygens (including phenoxy) is 1. The number of carbonyl (C=O) groups is 1. The SMILES string of the molecule is COC(=O)CN1CCNCC(O)C1. The molecule has 5 nitrogen and oxygen atoms in total. The number of aliphatic hydroxyl groups is 1. The molecular formula is C8H16N2O3. The second-order valence-electron chi connectivity index (χ2n) is 3.17. The number of β-amino-alcohol motifs (C(OH)–C–C–N with tert-alkyl or cyclic N) is 1. The van der Waals surface area contributed by atoms with Crippen LogP contribution in [0, 0.1) is 0 Å². The molecule has 1 aliphatic rings. The molecule has 0 aromatic heterocycles. The Bertz CT molecular complexity index is 175. The van der Waals surface area contributed by atoms with Crippen molar-refractivity contribution in [2.24, 2.45) is 0 Å². The van der Waals surface area contributed by atoms with Crippen molar-refractivity contribution in [2.75, 3.05) is 39.8 Å². The number of esters is 1. The van der Waals surface area contributed by atoms with Crippen LogP contribution in [0.1, 0.15) is 0 Å². The number of nitrogens with one attached hydrogen (secondary N) is 1. The van der Waals surface area contributed by atoms with Crippen LogP contribution in [0.2, 0.25) is 0 Å². The molecular weight excluding hydrogens is 172 g/mol. The number of rotatable bonds is 2. The van der Waals surface area contributed by atoms with Gasteiger partial charge in [-0.2, -0.15) is 0 Å². The van der Waals surface area contributed by atoms with E-state index in [1.54, 1.807) is 0 Å². The van der Waals surface area contributed by atoms with Crippen molar-refractivity contribution in [1.82, 2.24) is 10.2 Å². The predicted molar refractivity (Wildman–Crippen MR) is 47.3 cm³/mol. The number of hydrogen-bond donors (Lipinski definition) is 2. The fraction of sp³-hybridized carbons (Fsp3) is 0.875. The third-order valence-corrected chi connectivity index (χ3v) is 2.03. The first kappa shape index (κ1) is 10.4. The van der Waals surface area contributed by atoms with E-state index in [1.807, 2.05) is 4.90 Å². The van der Waals surface area contributed by atoms with Gasteiger partial charge in [-0.25, -0.2) is 0 Å². The molecule has 0 saturated carbocycles. The quantitative estimate of drug-likeness (QED) is 0.512. The number of nitrogens with zero attached hydrogens (tertiary/aromatic N) is 1. The van der Waals surface area contributed by atoms with E-state index >= 15 is 0 Å². The van der Waals surface area contributed by atoms with E-state index in [1.165, 1.54) is 7.11 Å². The molecule has 0 aliphatic carbocycles. The zero-order valence-electron chi connectivity index (χ0n) is 7.82. The van der Waals surface area contributed by atoms with Gasteiger partial charge in [0.2, 0.25) is 0 Å². The van der Waals surface area contributed by atoms with Gasteiger partial charge in [-0.05, 0) is 0 Å². The molecule has 0 radical (unpaired) electrons. The Hall–Kier alpha value is -0.650. The molecule has 13 heavy (non-hydrogen) atoms. The van der Waals surface area contributed by atoms with E-state index in [0.717, 1.165) is 13.1 Å². The molecule has 2 N–H and O–H groups in total. The molecule has 1 unspecified atom stereocenters. The van der Waals surface area contributed by atoms with Crippen LogP contribution in [0.4, 0.5) is 0 Å². The highest BCUT2D eigenvalue weighted by atomic mass is 16.5. The largest absolute Gasteiger partial charge is 0.468 e. The molecule has 0 aromatic rings. The van der Waals surface area contributed by atoms with Gasteiger partial charge in [-0.3, -0.25) is 9.69 Å². The van der Waals surface area contributed by atoms with E-state index in [4.69, 9.17) is 0 Å². The average molecular weight is 188 g/mol. The van der Waals surface area contributed by atoms with Gasteiger partial charge in [0.1, 0.15) is 0 Å². The van der Waals surface area contributed by atoms with E-state index < -0.39 is 6.10 Å². The molecule has 1 fully saturated rings. The average Bonchev–Trinajstić information content (AvgIpc) is 2.30. The summed E-state index contributed by atoms with van der Waals surface area (Å²) >= 11 is 0. The molecule has 1 heterocycles. The van der Waals surface area contributed by atoms with Crippen molar-refractivity contribution in [3.63, 3.8) is 0 Å². The van der Waals surface area contributed by atoms with Gasteiger partial charge >= 0.3 is 5.97 Å². The van der Waals surface area contributed by atoms with Crippen LogP contribution >= 0.6 is 0 Å². The number of carbonyl (C=O) groups excluding carboxylic acids is 1. The molecule has 1 aliphatic heterocycles. The Morgan fingerprint density at radius 1 is 1.77 bits per heavy atom. The van der Waals surface area contributed by atoms with Crippen molar-refractivity contribution in [3.05, 3.63) is 0 Å². The minimum atomic E-state index is -0.396. The smallest absolute Gasteiger partial charge is 0.319 e. The van der Waals surface area contributed by atoms with Crippen molar-refractivity contribution in [3.8, 4) is 0 Å². The van der Waals surface area contributed by atoms with Gasteiger partial charge in [0.05, 0.1) is 19.8 Å². The molecule has 1 saturated heterocycles. The maximum atomic E-state index is 10.9. The summed E-state index contributed by atoms with van der Waals surface area (Å²) in [5.74, 6) is -0.255. The van der Waals surface area contributed by atoms with Gasteiger partial charge < -0.3 is 15.2 Å². The van der Waals surface area contributed by atoms with Crippen LogP contribution in [0.15, 0.2) is 0 Å². The van der Waals surface area contributed by atoms with Gasteiger partial charge in [0.25, 0.3) is 0 Å². The van der Waals surface area contributed by atoms with Crippen LogP contribution in [-0.4, -0.2) is 61.9 Å². The minimum Gasteiger partial charge on any atom is -0.468 e. The lowest BCUT2D eigenvalue weighted by molar-refractivity contribution is -0.142. The molecule has 1 atom stereocenters. The highest BCUT2D eigenvalue weighted by molar-refractivity contribution is 5.71. The lowest BCUT2D eigenvalue weighted by Gasteiger charge is -2.19. The Kier molecular flexibility index (Phi) is 4.14. The van der Waals surface area contributed by atoms with E-state index in [0.29, 0.717) is 13.1 Å². The van der Waals surface area contributed by atoms with Crippen molar-refractivity contribution < 1.29 is 14.6 Å². The third-order valence-electron chi connectivity index (χ3n) is 2.03. The molecule has 76 valence electrons. The topological polar surface area (TPSA) is 61.8 Å². The zero-order chi connectivity index (χ0) is 9.68. The van der Waals surface area contributed by atoms with Crippen LogP contribution < -0.4 is 5.32 Å². The van der Waals surface area contributed by atoms with E-state index in [-0.39, 0.29) is 12.5 Å². The van der Waals surface area contributed by atoms with Crippen molar-refractivity contribution >= 4 is 5.97 Å². The first-order valence-electron chi connectivity index (χ1n) is 4.40.